The molecule has 3 rings (SSSR count). The molecule has 0 aliphatic heterocycles. The van der Waals surface area contributed by atoms with Crippen molar-refractivity contribution in [1.82, 2.24) is 0 Å². The molecule has 0 bridgehead atoms. The maximum Gasteiger partial charge on any atom is 0.271 e. The van der Waals surface area contributed by atoms with E-state index >= 15 is 0 Å². The lowest BCUT2D eigenvalue weighted by Crippen LogP contribution is -2.38. The number of nitrogens with zero attached hydrogens (tertiary/aromatic N) is 2. The summed E-state index contributed by atoms with van der Waals surface area (Å²) in [7, 11) is -4.09. The number of aryl methyl sites for hydroxylation is 2. The van der Waals surface area contributed by atoms with Gasteiger partial charge in [-0.05, 0) is 62.7 Å². The van der Waals surface area contributed by atoms with Gasteiger partial charge in [-0.25, -0.2) is 8.42 Å². The number of hydrogen-bond acceptors (Lipinski definition) is 6. The van der Waals surface area contributed by atoms with E-state index in [9.17, 15) is 23.3 Å². The van der Waals surface area contributed by atoms with Gasteiger partial charge in [-0.1, -0.05) is 23.8 Å². The monoisotopic (exact) mass is 483 g/mol. The van der Waals surface area contributed by atoms with Crippen molar-refractivity contribution in [2.75, 3.05) is 22.8 Å². The van der Waals surface area contributed by atoms with Crippen LogP contribution in [0.5, 0.6) is 5.75 Å². The summed E-state index contributed by atoms with van der Waals surface area (Å²) in [6.07, 6.45) is 0. The molecule has 0 aliphatic carbocycles. The Labute approximate surface area is 198 Å². The van der Waals surface area contributed by atoms with Crippen LogP contribution in [0.3, 0.4) is 0 Å². The van der Waals surface area contributed by atoms with Crippen LogP contribution >= 0.6 is 0 Å². The highest BCUT2D eigenvalue weighted by Gasteiger charge is 2.27. The maximum atomic E-state index is 13.5. The van der Waals surface area contributed by atoms with Gasteiger partial charge in [0.2, 0.25) is 5.91 Å². The molecule has 10 heteroatoms. The number of nitro groups is 1. The number of nitro benzene ring substituents is 1. The normalized spacial score (nSPS) is 11.0. The molecule has 9 nitrogen and oxygen atoms in total. The molecule has 0 heterocycles. The molecule has 0 saturated heterocycles. The Hall–Kier alpha value is -3.92. The molecule has 3 aromatic carbocycles. The lowest BCUT2D eigenvalue weighted by Gasteiger charge is -2.24. The molecule has 0 atom stereocenters. The molecule has 1 N–H and O–H groups in total. The Bertz CT molecular complexity index is 1290. The van der Waals surface area contributed by atoms with Gasteiger partial charge in [-0.3, -0.25) is 19.2 Å². The van der Waals surface area contributed by atoms with E-state index in [1.807, 2.05) is 13.8 Å². The van der Waals surface area contributed by atoms with Crippen molar-refractivity contribution in [3.05, 3.63) is 88.0 Å². The van der Waals surface area contributed by atoms with Crippen LogP contribution in [0.4, 0.5) is 17.1 Å². The van der Waals surface area contributed by atoms with E-state index in [1.54, 1.807) is 43.3 Å². The average Bonchev–Trinajstić information content (AvgIpc) is 2.80. The number of hydrogen-bond donors (Lipinski definition) is 1. The van der Waals surface area contributed by atoms with Gasteiger partial charge in [0.15, 0.2) is 0 Å². The van der Waals surface area contributed by atoms with Crippen molar-refractivity contribution in [1.29, 1.82) is 0 Å². The van der Waals surface area contributed by atoms with Gasteiger partial charge in [0.25, 0.3) is 15.7 Å². The summed E-state index contributed by atoms with van der Waals surface area (Å²) in [5.74, 6) is -0.0798. The Morgan fingerprint density at radius 3 is 2.26 bits per heavy atom. The lowest BCUT2D eigenvalue weighted by atomic mass is 10.2. The Morgan fingerprint density at radius 2 is 1.68 bits per heavy atom. The maximum absolute atomic E-state index is 13.5. The third-order valence-corrected chi connectivity index (χ3v) is 6.83. The van der Waals surface area contributed by atoms with E-state index in [4.69, 9.17) is 4.74 Å². The SMILES string of the molecule is CCOc1ccc(N(CC(=O)Nc2cc([N+](=O)[O-])ccc2C)S(=O)(=O)c2ccc(C)cc2)cc1. The first-order valence-corrected chi connectivity index (χ1v) is 11.9. The molecular weight excluding hydrogens is 458 g/mol. The van der Waals surface area contributed by atoms with Crippen molar-refractivity contribution in [2.24, 2.45) is 0 Å². The molecule has 0 radical (unpaired) electrons. The zero-order valence-electron chi connectivity index (χ0n) is 19.0. The van der Waals surface area contributed by atoms with Crippen LogP contribution in [0.1, 0.15) is 18.1 Å². The first kappa shape index (κ1) is 24.7. The first-order chi connectivity index (χ1) is 16.1. The molecular formula is C24H25N3O6S. The van der Waals surface area contributed by atoms with Crippen LogP contribution in [-0.2, 0) is 14.8 Å². The van der Waals surface area contributed by atoms with E-state index in [1.165, 1.54) is 30.3 Å². The number of carbonyl (C=O) groups excluding carboxylic acids is 1. The number of non-ortho nitro benzene ring substituents is 1. The number of amides is 1. The van der Waals surface area contributed by atoms with Gasteiger partial charge in [-0.2, -0.15) is 0 Å². The molecule has 0 unspecified atom stereocenters. The third-order valence-electron chi connectivity index (χ3n) is 5.04. The predicted octanol–water partition coefficient (Wildman–Crippen LogP) is 4.44. The van der Waals surface area contributed by atoms with Gasteiger partial charge >= 0.3 is 0 Å². The van der Waals surface area contributed by atoms with Crippen molar-refractivity contribution in [2.45, 2.75) is 25.7 Å². The largest absolute Gasteiger partial charge is 0.494 e. The first-order valence-electron chi connectivity index (χ1n) is 10.5. The highest BCUT2D eigenvalue weighted by Crippen LogP contribution is 2.27. The zero-order chi connectivity index (χ0) is 24.9. The van der Waals surface area contributed by atoms with E-state index in [2.05, 4.69) is 5.32 Å². The summed E-state index contributed by atoms with van der Waals surface area (Å²) < 4.78 is 33.4. The summed E-state index contributed by atoms with van der Waals surface area (Å²) in [5.41, 5.74) is 1.82. The summed E-state index contributed by atoms with van der Waals surface area (Å²) in [5, 5.41) is 13.7. The molecule has 0 spiro atoms. The number of benzene rings is 3. The fourth-order valence-corrected chi connectivity index (χ4v) is 4.63. The van der Waals surface area contributed by atoms with Gasteiger partial charge in [0.05, 0.1) is 27.8 Å². The smallest absolute Gasteiger partial charge is 0.271 e. The van der Waals surface area contributed by atoms with Gasteiger partial charge in [-0.15, -0.1) is 0 Å². The third kappa shape index (κ3) is 5.70. The number of ether oxygens (including phenoxy) is 1. The van der Waals surface area contributed by atoms with Gasteiger partial charge in [0.1, 0.15) is 12.3 Å². The zero-order valence-corrected chi connectivity index (χ0v) is 19.8. The quantitative estimate of drug-likeness (QED) is 0.355. The number of carbonyl (C=O) groups is 1. The Kier molecular flexibility index (Phi) is 7.52. The standard InChI is InChI=1S/C24H25N3O6S/c1-4-33-21-11-9-19(10-12-21)26(34(31,32)22-13-5-17(2)6-14-22)16-24(28)25-23-15-20(27(29)30)8-7-18(23)3/h5-15H,4,16H2,1-3H3,(H,25,28). The second-order valence-electron chi connectivity index (χ2n) is 7.56. The molecule has 34 heavy (non-hydrogen) atoms. The van der Waals surface area contributed by atoms with Crippen molar-refractivity contribution in [3.63, 3.8) is 0 Å². The van der Waals surface area contributed by atoms with Crippen molar-refractivity contribution in [3.8, 4) is 5.75 Å². The second kappa shape index (κ2) is 10.3. The van der Waals surface area contributed by atoms with Crippen molar-refractivity contribution >= 4 is 33.0 Å². The topological polar surface area (TPSA) is 119 Å². The minimum Gasteiger partial charge on any atom is -0.494 e. The van der Waals surface area contributed by atoms with E-state index in [0.29, 0.717) is 17.9 Å². The number of nitrogens with one attached hydrogen (secondary N) is 1. The molecule has 0 saturated carbocycles. The molecule has 0 aliphatic rings. The van der Waals surface area contributed by atoms with Crippen LogP contribution in [0.2, 0.25) is 0 Å². The Balaban J connectivity index is 1.95. The number of anilines is 2. The number of sulfonamides is 1. The summed E-state index contributed by atoms with van der Waals surface area (Å²) in [6, 6.07) is 16.8. The minimum absolute atomic E-state index is 0.0336. The van der Waals surface area contributed by atoms with Crippen molar-refractivity contribution < 1.29 is 22.9 Å². The Morgan fingerprint density at radius 1 is 1.03 bits per heavy atom. The molecule has 0 fully saturated rings. The van der Waals surface area contributed by atoms with Gasteiger partial charge < -0.3 is 10.1 Å². The summed E-state index contributed by atoms with van der Waals surface area (Å²) >= 11 is 0. The fraction of sp³-hybridized carbons (Fsp3) is 0.208. The second-order valence-corrected chi connectivity index (χ2v) is 9.42. The molecule has 3 aromatic rings. The van der Waals surface area contributed by atoms with Crippen LogP contribution in [0.15, 0.2) is 71.6 Å². The highest BCUT2D eigenvalue weighted by molar-refractivity contribution is 7.92. The minimum atomic E-state index is -4.09. The summed E-state index contributed by atoms with van der Waals surface area (Å²) in [6.45, 7) is 5.28. The molecule has 0 aromatic heterocycles. The van der Waals surface area contributed by atoms with E-state index in [-0.39, 0.29) is 22.0 Å². The van der Waals surface area contributed by atoms with Gasteiger partial charge in [0, 0.05) is 12.1 Å². The summed E-state index contributed by atoms with van der Waals surface area (Å²) in [4.78, 5) is 23.5. The molecule has 178 valence electrons. The van der Waals surface area contributed by atoms with Crippen LogP contribution < -0.4 is 14.4 Å². The van der Waals surface area contributed by atoms with Crippen LogP contribution in [-0.4, -0.2) is 32.4 Å². The average molecular weight is 484 g/mol. The predicted molar refractivity (Wildman–Crippen MR) is 130 cm³/mol. The number of rotatable bonds is 9. The molecule has 1 amide bonds. The van der Waals surface area contributed by atoms with Crippen LogP contribution in [0.25, 0.3) is 0 Å². The lowest BCUT2D eigenvalue weighted by molar-refractivity contribution is -0.384. The van der Waals surface area contributed by atoms with E-state index in [0.717, 1.165) is 9.87 Å². The fourth-order valence-electron chi connectivity index (χ4n) is 3.21. The van der Waals surface area contributed by atoms with Crippen LogP contribution in [0, 0.1) is 24.0 Å². The van der Waals surface area contributed by atoms with E-state index < -0.39 is 27.4 Å². The highest BCUT2D eigenvalue weighted by atomic mass is 32.2.